The lowest BCUT2D eigenvalue weighted by molar-refractivity contribution is 0.286. The number of halogens is 1. The molecule has 1 heterocycles. The van der Waals surface area contributed by atoms with E-state index in [1.807, 2.05) is 11.1 Å². The van der Waals surface area contributed by atoms with Crippen molar-refractivity contribution in [2.45, 2.75) is 33.2 Å². The Kier molecular flexibility index (Phi) is 3.36. The summed E-state index contributed by atoms with van der Waals surface area (Å²) in [6, 6.07) is 5.43. The summed E-state index contributed by atoms with van der Waals surface area (Å²) < 4.78 is 13.6. The quantitative estimate of drug-likeness (QED) is 0.814. The number of nitrogens with zero attached hydrogens (tertiary/aromatic N) is 3. The zero-order chi connectivity index (χ0) is 13.3. The van der Waals surface area contributed by atoms with Crippen molar-refractivity contribution >= 4 is 12.0 Å². The van der Waals surface area contributed by atoms with E-state index in [0.717, 1.165) is 17.9 Å². The molecule has 4 heteroatoms. The molecule has 1 atom stereocenters. The summed E-state index contributed by atoms with van der Waals surface area (Å²) in [6.07, 6.45) is 2.66. The van der Waals surface area contributed by atoms with Crippen molar-refractivity contribution < 1.29 is 4.39 Å². The van der Waals surface area contributed by atoms with Gasteiger partial charge in [0.05, 0.1) is 11.7 Å². The van der Waals surface area contributed by atoms with Crippen LogP contribution in [0.25, 0.3) is 0 Å². The molecule has 1 aliphatic rings. The van der Waals surface area contributed by atoms with Crippen molar-refractivity contribution in [2.24, 2.45) is 5.10 Å². The van der Waals surface area contributed by atoms with Gasteiger partial charge in [-0.25, -0.2) is 9.40 Å². The smallest absolute Gasteiger partial charge is 0.128 e. The van der Waals surface area contributed by atoms with Crippen LogP contribution in [0, 0.1) is 12.7 Å². The fourth-order valence-corrected chi connectivity index (χ4v) is 1.84. The molecule has 0 saturated heterocycles. The molecule has 0 spiro atoms. The lowest BCUT2D eigenvalue weighted by atomic mass is 10.2. The first-order valence-corrected chi connectivity index (χ1v) is 6.12. The highest BCUT2D eigenvalue weighted by atomic mass is 19.1. The van der Waals surface area contributed by atoms with Gasteiger partial charge in [-0.3, -0.25) is 4.90 Å². The first-order valence-electron chi connectivity index (χ1n) is 6.12. The van der Waals surface area contributed by atoms with Gasteiger partial charge in [-0.05, 0) is 38.0 Å². The zero-order valence-electron chi connectivity index (χ0n) is 11.0. The Hall–Kier alpha value is -1.84. The van der Waals surface area contributed by atoms with E-state index in [9.17, 15) is 4.39 Å². The van der Waals surface area contributed by atoms with Crippen LogP contribution in [-0.4, -0.2) is 17.4 Å². The van der Waals surface area contributed by atoms with Crippen LogP contribution in [-0.2, 0) is 0 Å². The van der Waals surface area contributed by atoms with Crippen LogP contribution in [0.15, 0.2) is 35.7 Å². The molecule has 0 fully saturated rings. The van der Waals surface area contributed by atoms with E-state index in [1.54, 1.807) is 24.2 Å². The Morgan fingerprint density at radius 1 is 1.44 bits per heavy atom. The topological polar surface area (TPSA) is 18.8 Å². The van der Waals surface area contributed by atoms with Crippen molar-refractivity contribution in [3.05, 3.63) is 42.0 Å². The van der Waals surface area contributed by atoms with E-state index in [2.05, 4.69) is 25.5 Å². The molecule has 0 saturated carbocycles. The molecule has 1 aromatic carbocycles. The second-order valence-corrected chi connectivity index (χ2v) is 4.55. The maximum atomic E-state index is 13.6. The number of aryl methyl sites for hydroxylation is 1. The van der Waals surface area contributed by atoms with Gasteiger partial charge in [-0.2, -0.15) is 5.10 Å². The van der Waals surface area contributed by atoms with Gasteiger partial charge < -0.3 is 0 Å². The van der Waals surface area contributed by atoms with Crippen LogP contribution in [0.1, 0.15) is 25.8 Å². The Morgan fingerprint density at radius 3 is 2.78 bits per heavy atom. The van der Waals surface area contributed by atoms with Gasteiger partial charge in [0.25, 0.3) is 0 Å². The lowest BCUT2D eigenvalue weighted by Gasteiger charge is -2.25. The highest BCUT2D eigenvalue weighted by Gasteiger charge is 2.24. The van der Waals surface area contributed by atoms with Crippen LogP contribution >= 0.6 is 0 Å². The van der Waals surface area contributed by atoms with E-state index in [1.165, 1.54) is 6.07 Å². The predicted octanol–water partition coefficient (Wildman–Crippen LogP) is 3.47. The first-order chi connectivity index (χ1) is 8.54. The minimum absolute atomic E-state index is 0.212. The van der Waals surface area contributed by atoms with Crippen LogP contribution in [0.4, 0.5) is 10.1 Å². The molecule has 0 amide bonds. The summed E-state index contributed by atoms with van der Waals surface area (Å²) in [5.41, 5.74) is 1.39. The van der Waals surface area contributed by atoms with Crippen molar-refractivity contribution in [2.75, 3.05) is 4.90 Å². The van der Waals surface area contributed by atoms with Gasteiger partial charge in [0, 0.05) is 0 Å². The van der Waals surface area contributed by atoms with Gasteiger partial charge in [0.1, 0.15) is 18.0 Å². The summed E-state index contributed by atoms with van der Waals surface area (Å²) in [6.45, 7) is 9.95. The molecule has 0 bridgehead atoms. The molecule has 0 aliphatic carbocycles. The summed E-state index contributed by atoms with van der Waals surface area (Å²) in [4.78, 5) is 1.80. The maximum absolute atomic E-state index is 13.6. The molecule has 96 valence electrons. The van der Waals surface area contributed by atoms with E-state index in [0.29, 0.717) is 5.56 Å². The van der Waals surface area contributed by atoms with Gasteiger partial charge in [-0.15, -0.1) is 0 Å². The molecule has 0 radical (unpaired) electrons. The highest BCUT2D eigenvalue weighted by molar-refractivity contribution is 5.85. The van der Waals surface area contributed by atoms with E-state index in [4.69, 9.17) is 0 Å². The SMILES string of the molecule is C=C1N(c2ccc(C)c(F)c2)C=NN1C(C)CC. The highest BCUT2D eigenvalue weighted by Crippen LogP contribution is 2.27. The summed E-state index contributed by atoms with van der Waals surface area (Å²) >= 11 is 0. The summed E-state index contributed by atoms with van der Waals surface area (Å²) in [5, 5.41) is 6.17. The van der Waals surface area contributed by atoms with Crippen molar-refractivity contribution in [1.82, 2.24) is 5.01 Å². The number of hydrogen-bond donors (Lipinski definition) is 0. The maximum Gasteiger partial charge on any atom is 0.128 e. The minimum Gasteiger partial charge on any atom is -0.284 e. The van der Waals surface area contributed by atoms with Gasteiger partial charge in [0.15, 0.2) is 0 Å². The van der Waals surface area contributed by atoms with Gasteiger partial charge >= 0.3 is 0 Å². The molecule has 1 aromatic rings. The largest absolute Gasteiger partial charge is 0.284 e. The first kappa shape index (κ1) is 12.6. The Morgan fingerprint density at radius 2 is 2.17 bits per heavy atom. The second kappa shape index (κ2) is 4.80. The number of anilines is 1. The van der Waals surface area contributed by atoms with Crippen LogP contribution in [0.5, 0.6) is 0 Å². The molecular formula is C14H18FN3. The average molecular weight is 247 g/mol. The van der Waals surface area contributed by atoms with Crippen molar-refractivity contribution in [3.63, 3.8) is 0 Å². The predicted molar refractivity (Wildman–Crippen MR) is 72.8 cm³/mol. The monoisotopic (exact) mass is 247 g/mol. The Labute approximate surface area is 107 Å². The van der Waals surface area contributed by atoms with Crippen LogP contribution in [0.2, 0.25) is 0 Å². The third-order valence-electron chi connectivity index (χ3n) is 3.28. The lowest BCUT2D eigenvalue weighted by Crippen LogP contribution is -2.29. The van der Waals surface area contributed by atoms with E-state index >= 15 is 0 Å². The minimum atomic E-state index is -0.212. The number of hydrazone groups is 1. The fraction of sp³-hybridized carbons (Fsp3) is 0.357. The molecule has 1 aliphatic heterocycles. The normalized spacial score (nSPS) is 16.6. The van der Waals surface area contributed by atoms with E-state index < -0.39 is 0 Å². The summed E-state index contributed by atoms with van der Waals surface area (Å²) in [7, 11) is 0. The van der Waals surface area contributed by atoms with Crippen LogP contribution < -0.4 is 4.90 Å². The standard InChI is InChI=1S/C14H18FN3/c1-5-11(3)18-12(4)17(9-16-18)13-7-6-10(2)14(15)8-13/h6-9,11H,4-5H2,1-3H3. The molecule has 2 rings (SSSR count). The molecule has 1 unspecified atom stereocenters. The third-order valence-corrected chi connectivity index (χ3v) is 3.28. The van der Waals surface area contributed by atoms with Crippen molar-refractivity contribution in [1.29, 1.82) is 0 Å². The van der Waals surface area contributed by atoms with Gasteiger partial charge in [0.2, 0.25) is 0 Å². The molecule has 0 aromatic heterocycles. The molecule has 0 N–H and O–H groups in total. The third kappa shape index (κ3) is 2.10. The average Bonchev–Trinajstić information content (AvgIpc) is 2.74. The Balaban J connectivity index is 2.24. The fourth-order valence-electron chi connectivity index (χ4n) is 1.84. The molecule has 3 nitrogen and oxygen atoms in total. The van der Waals surface area contributed by atoms with Gasteiger partial charge in [-0.1, -0.05) is 19.6 Å². The number of rotatable bonds is 3. The Bertz CT molecular complexity index is 496. The molecule has 18 heavy (non-hydrogen) atoms. The van der Waals surface area contributed by atoms with Crippen LogP contribution in [0.3, 0.4) is 0 Å². The van der Waals surface area contributed by atoms with Crippen molar-refractivity contribution in [3.8, 4) is 0 Å². The van der Waals surface area contributed by atoms with E-state index in [-0.39, 0.29) is 11.9 Å². The number of hydrogen-bond acceptors (Lipinski definition) is 3. The zero-order valence-corrected chi connectivity index (χ0v) is 11.0. The second-order valence-electron chi connectivity index (χ2n) is 4.55. The summed E-state index contributed by atoms with van der Waals surface area (Å²) in [5.74, 6) is 0.545. The number of benzene rings is 1. The molecular weight excluding hydrogens is 229 g/mol.